The first-order valence-electron chi connectivity index (χ1n) is 7.27. The number of hydrogen-bond acceptors (Lipinski definition) is 5. The third-order valence-electron chi connectivity index (χ3n) is 3.67. The highest BCUT2D eigenvalue weighted by atomic mass is 32.1. The maximum absolute atomic E-state index is 12.4. The van der Waals surface area contributed by atoms with Crippen molar-refractivity contribution in [2.75, 3.05) is 5.32 Å². The van der Waals surface area contributed by atoms with Crippen molar-refractivity contribution in [1.29, 1.82) is 0 Å². The molecule has 0 bridgehead atoms. The number of fused-ring (bicyclic) bond motifs is 2. The fraction of sp³-hybridized carbons (Fsp3) is 0.118. The van der Waals surface area contributed by atoms with Gasteiger partial charge in [-0.05, 0) is 42.3 Å². The van der Waals surface area contributed by atoms with E-state index in [0.29, 0.717) is 21.8 Å². The van der Waals surface area contributed by atoms with Gasteiger partial charge in [0.05, 0.1) is 10.2 Å². The van der Waals surface area contributed by atoms with Crippen LogP contribution in [0, 0.1) is 0 Å². The second kappa shape index (κ2) is 5.48. The van der Waals surface area contributed by atoms with Gasteiger partial charge in [0.25, 0.3) is 5.91 Å². The molecule has 114 valence electrons. The van der Waals surface area contributed by atoms with E-state index in [-0.39, 0.29) is 5.91 Å². The van der Waals surface area contributed by atoms with Crippen LogP contribution in [0.25, 0.3) is 21.3 Å². The molecule has 0 aliphatic heterocycles. The van der Waals surface area contributed by atoms with E-state index in [1.54, 1.807) is 18.2 Å². The zero-order valence-corrected chi connectivity index (χ0v) is 13.2. The summed E-state index contributed by atoms with van der Waals surface area (Å²) in [5.41, 5.74) is 4.01. The summed E-state index contributed by atoms with van der Waals surface area (Å²) >= 11 is 1.48. The van der Waals surface area contributed by atoms with Gasteiger partial charge in [0.2, 0.25) is 0 Å². The number of nitrogens with one attached hydrogen (secondary N) is 1. The lowest BCUT2D eigenvalue weighted by Gasteiger charge is -2.00. The predicted octanol–water partition coefficient (Wildman–Crippen LogP) is 4.25. The van der Waals surface area contributed by atoms with Crippen molar-refractivity contribution in [1.82, 2.24) is 9.97 Å². The highest BCUT2D eigenvalue weighted by Gasteiger charge is 2.11. The Bertz CT molecular complexity index is 1020. The monoisotopic (exact) mass is 323 g/mol. The summed E-state index contributed by atoms with van der Waals surface area (Å²) < 4.78 is 6.26. The molecule has 0 fully saturated rings. The van der Waals surface area contributed by atoms with Crippen LogP contribution in [0.4, 0.5) is 5.13 Å². The number of hydrogen-bond donors (Lipinski definition) is 1. The maximum Gasteiger partial charge on any atom is 0.257 e. The number of benzene rings is 2. The Hall–Kier alpha value is -2.73. The molecule has 0 spiro atoms. The molecule has 0 saturated heterocycles. The second-order valence-electron chi connectivity index (χ2n) is 5.16. The number of thiazole rings is 1. The number of oxazole rings is 1. The van der Waals surface area contributed by atoms with Gasteiger partial charge in [-0.25, -0.2) is 9.97 Å². The van der Waals surface area contributed by atoms with Crippen molar-refractivity contribution in [3.8, 4) is 0 Å². The van der Waals surface area contributed by atoms with E-state index < -0.39 is 0 Å². The molecule has 6 heteroatoms. The largest absolute Gasteiger partial charge is 0.443 e. The number of carbonyl (C=O) groups excluding carboxylic acids is 1. The Balaban J connectivity index is 1.62. The number of aryl methyl sites for hydroxylation is 1. The SMILES string of the molecule is CCc1ccc2nc(NC(=O)c3ccc4ocnc4c3)sc2c1. The van der Waals surface area contributed by atoms with Crippen LogP contribution in [0.15, 0.2) is 47.2 Å². The summed E-state index contributed by atoms with van der Waals surface area (Å²) in [6, 6.07) is 11.3. The van der Waals surface area contributed by atoms with Crippen LogP contribution < -0.4 is 5.32 Å². The number of amides is 1. The van der Waals surface area contributed by atoms with E-state index in [1.807, 2.05) is 6.07 Å². The van der Waals surface area contributed by atoms with Crippen LogP contribution in [0.1, 0.15) is 22.8 Å². The molecule has 4 aromatic rings. The molecule has 2 aromatic heterocycles. The summed E-state index contributed by atoms with van der Waals surface area (Å²) in [6.45, 7) is 2.12. The summed E-state index contributed by atoms with van der Waals surface area (Å²) in [6.07, 6.45) is 2.35. The second-order valence-corrected chi connectivity index (χ2v) is 6.19. The zero-order chi connectivity index (χ0) is 15.8. The molecule has 0 atom stereocenters. The number of aromatic nitrogens is 2. The van der Waals surface area contributed by atoms with Crippen molar-refractivity contribution < 1.29 is 9.21 Å². The zero-order valence-electron chi connectivity index (χ0n) is 12.4. The van der Waals surface area contributed by atoms with Crippen LogP contribution in [-0.2, 0) is 6.42 Å². The molecule has 2 heterocycles. The van der Waals surface area contributed by atoms with Crippen LogP contribution in [0.5, 0.6) is 0 Å². The summed E-state index contributed by atoms with van der Waals surface area (Å²) in [7, 11) is 0. The first-order valence-corrected chi connectivity index (χ1v) is 8.08. The van der Waals surface area contributed by atoms with Gasteiger partial charge >= 0.3 is 0 Å². The topological polar surface area (TPSA) is 68.0 Å². The van der Waals surface area contributed by atoms with Gasteiger partial charge in [0, 0.05) is 5.56 Å². The van der Waals surface area contributed by atoms with Gasteiger partial charge in [-0.15, -0.1) is 0 Å². The molecule has 2 aromatic carbocycles. The van der Waals surface area contributed by atoms with Crippen LogP contribution >= 0.6 is 11.3 Å². The molecule has 0 unspecified atom stereocenters. The fourth-order valence-electron chi connectivity index (χ4n) is 2.41. The molecular formula is C17H13N3O2S. The third-order valence-corrected chi connectivity index (χ3v) is 4.61. The molecule has 23 heavy (non-hydrogen) atoms. The van der Waals surface area contributed by atoms with E-state index >= 15 is 0 Å². The molecule has 0 saturated carbocycles. The van der Waals surface area contributed by atoms with Gasteiger partial charge in [-0.1, -0.05) is 24.3 Å². The highest BCUT2D eigenvalue weighted by molar-refractivity contribution is 7.22. The van der Waals surface area contributed by atoms with Gasteiger partial charge in [-0.3, -0.25) is 10.1 Å². The summed E-state index contributed by atoms with van der Waals surface area (Å²) in [5.74, 6) is -0.204. The first-order chi connectivity index (χ1) is 11.2. The molecule has 0 radical (unpaired) electrons. The van der Waals surface area contributed by atoms with E-state index in [2.05, 4.69) is 34.3 Å². The minimum absolute atomic E-state index is 0.204. The number of nitrogens with zero attached hydrogens (tertiary/aromatic N) is 2. The van der Waals surface area contributed by atoms with Gasteiger partial charge in [0.1, 0.15) is 5.52 Å². The van der Waals surface area contributed by atoms with E-state index in [1.165, 1.54) is 23.3 Å². The Morgan fingerprint density at radius 1 is 1.22 bits per heavy atom. The smallest absolute Gasteiger partial charge is 0.257 e. The van der Waals surface area contributed by atoms with Crippen molar-refractivity contribution in [2.24, 2.45) is 0 Å². The van der Waals surface area contributed by atoms with Crippen molar-refractivity contribution in [2.45, 2.75) is 13.3 Å². The Kier molecular flexibility index (Phi) is 3.31. The molecular weight excluding hydrogens is 310 g/mol. The third kappa shape index (κ3) is 2.57. The molecule has 1 N–H and O–H groups in total. The summed E-state index contributed by atoms with van der Waals surface area (Å²) in [5, 5.41) is 3.45. The minimum Gasteiger partial charge on any atom is -0.443 e. The van der Waals surface area contributed by atoms with Crippen molar-refractivity contribution in [3.05, 3.63) is 53.9 Å². The lowest BCUT2D eigenvalue weighted by molar-refractivity contribution is 0.102. The van der Waals surface area contributed by atoms with Crippen molar-refractivity contribution >= 4 is 43.7 Å². The standard InChI is InChI=1S/C17H13N3O2S/c1-2-10-3-5-12-15(7-10)23-17(19-12)20-16(21)11-4-6-14-13(8-11)18-9-22-14/h3-9H,2H2,1H3,(H,19,20,21). The molecule has 0 aliphatic carbocycles. The van der Waals surface area contributed by atoms with Gasteiger partial charge in [0.15, 0.2) is 17.1 Å². The Morgan fingerprint density at radius 2 is 2.13 bits per heavy atom. The molecule has 1 amide bonds. The van der Waals surface area contributed by atoms with Crippen LogP contribution in [-0.4, -0.2) is 15.9 Å². The van der Waals surface area contributed by atoms with E-state index in [0.717, 1.165) is 16.6 Å². The van der Waals surface area contributed by atoms with Gasteiger partial charge in [-0.2, -0.15) is 0 Å². The Morgan fingerprint density at radius 3 is 3.00 bits per heavy atom. The average molecular weight is 323 g/mol. The number of carbonyl (C=O) groups is 1. The first kappa shape index (κ1) is 13.9. The molecule has 0 aliphatic rings. The summed E-state index contributed by atoms with van der Waals surface area (Å²) in [4.78, 5) is 20.9. The lowest BCUT2D eigenvalue weighted by Crippen LogP contribution is -2.11. The minimum atomic E-state index is -0.204. The van der Waals surface area contributed by atoms with Crippen molar-refractivity contribution in [3.63, 3.8) is 0 Å². The molecule has 5 nitrogen and oxygen atoms in total. The average Bonchev–Trinajstić information content (AvgIpc) is 3.18. The predicted molar refractivity (Wildman–Crippen MR) is 91.0 cm³/mol. The quantitative estimate of drug-likeness (QED) is 0.612. The van der Waals surface area contributed by atoms with Crippen LogP contribution in [0.2, 0.25) is 0 Å². The maximum atomic E-state index is 12.4. The van der Waals surface area contributed by atoms with Crippen LogP contribution in [0.3, 0.4) is 0 Å². The van der Waals surface area contributed by atoms with E-state index in [4.69, 9.17) is 4.42 Å². The fourth-order valence-corrected chi connectivity index (χ4v) is 3.34. The lowest BCUT2D eigenvalue weighted by atomic mass is 10.2. The van der Waals surface area contributed by atoms with Gasteiger partial charge < -0.3 is 4.42 Å². The highest BCUT2D eigenvalue weighted by Crippen LogP contribution is 2.27. The Labute approximate surface area is 136 Å². The van der Waals surface area contributed by atoms with E-state index in [9.17, 15) is 4.79 Å². The number of rotatable bonds is 3. The molecule has 4 rings (SSSR count). The number of anilines is 1. The normalized spacial score (nSPS) is 11.2.